The molecule has 0 unspecified atom stereocenters. The van der Waals surface area contributed by atoms with Crippen molar-refractivity contribution in [3.63, 3.8) is 0 Å². The van der Waals surface area contributed by atoms with Gasteiger partial charge in [0.25, 0.3) is 0 Å². The van der Waals surface area contributed by atoms with Crippen molar-refractivity contribution in [3.05, 3.63) is 35.9 Å². The van der Waals surface area contributed by atoms with Crippen molar-refractivity contribution in [2.24, 2.45) is 0 Å². The Morgan fingerprint density at radius 1 is 1.33 bits per heavy atom. The predicted molar refractivity (Wildman–Crippen MR) is 46.9 cm³/mol. The van der Waals surface area contributed by atoms with Crippen molar-refractivity contribution in [2.75, 3.05) is 6.54 Å². The maximum absolute atomic E-state index is 11.0. The summed E-state index contributed by atoms with van der Waals surface area (Å²) in [5.74, 6) is 0.332. The predicted octanol–water partition coefficient (Wildman–Crippen LogP) is 0.770. The first-order chi connectivity index (χ1) is 5.86. The van der Waals surface area contributed by atoms with Crippen molar-refractivity contribution in [3.8, 4) is 0 Å². The summed E-state index contributed by atoms with van der Waals surface area (Å²) in [6, 6.07) is 10.2. The second kappa shape index (κ2) is 3.07. The highest BCUT2D eigenvalue weighted by Crippen LogP contribution is 2.07. The van der Waals surface area contributed by atoms with Crippen molar-refractivity contribution >= 4 is 5.78 Å². The van der Waals surface area contributed by atoms with Crippen LogP contribution in [0.5, 0.6) is 0 Å². The van der Waals surface area contributed by atoms with Crippen molar-refractivity contribution in [1.82, 2.24) is 5.32 Å². The Kier molecular flexibility index (Phi) is 1.92. The molecule has 1 aliphatic rings. The molecule has 1 atom stereocenters. The van der Waals surface area contributed by atoms with E-state index in [-0.39, 0.29) is 6.04 Å². The van der Waals surface area contributed by atoms with E-state index in [4.69, 9.17) is 0 Å². The lowest BCUT2D eigenvalue weighted by Gasteiger charge is -2.25. The Balaban J connectivity index is 2.00. The Labute approximate surface area is 71.6 Å². The highest BCUT2D eigenvalue weighted by atomic mass is 16.1. The molecule has 2 rings (SSSR count). The minimum absolute atomic E-state index is 0.0763. The van der Waals surface area contributed by atoms with E-state index in [0.717, 1.165) is 6.42 Å². The number of hydrogen-bond donors (Lipinski definition) is 1. The van der Waals surface area contributed by atoms with E-state index < -0.39 is 0 Å². The molecular weight excluding hydrogens is 150 g/mol. The molecule has 12 heavy (non-hydrogen) atoms. The number of nitrogens with one attached hydrogen (secondary N) is 1. The van der Waals surface area contributed by atoms with Crippen molar-refractivity contribution < 1.29 is 4.79 Å². The molecule has 0 amide bonds. The molecule has 62 valence electrons. The fourth-order valence-corrected chi connectivity index (χ4v) is 1.37. The first-order valence-corrected chi connectivity index (χ1v) is 4.16. The number of Topliss-reactive ketones (excluding diaryl/α,β-unsaturated/α-hetero) is 1. The average Bonchev–Trinajstić information content (AvgIpc) is 2.14. The van der Waals surface area contributed by atoms with Crippen LogP contribution in [0.2, 0.25) is 0 Å². The summed E-state index contributed by atoms with van der Waals surface area (Å²) in [6.45, 7) is 0.553. The second-order valence-electron chi connectivity index (χ2n) is 3.09. The number of ketones is 1. The number of rotatable bonds is 2. The van der Waals surface area contributed by atoms with Gasteiger partial charge in [-0.25, -0.2) is 0 Å². The SMILES string of the molecule is O=C1CN[C@@H]1Cc1ccccc1. The summed E-state index contributed by atoms with van der Waals surface area (Å²) < 4.78 is 0. The second-order valence-corrected chi connectivity index (χ2v) is 3.09. The van der Waals surface area contributed by atoms with Crippen LogP contribution in [0.4, 0.5) is 0 Å². The zero-order chi connectivity index (χ0) is 8.39. The van der Waals surface area contributed by atoms with E-state index in [2.05, 4.69) is 5.32 Å². The fraction of sp³-hybridized carbons (Fsp3) is 0.300. The van der Waals surface area contributed by atoms with Gasteiger partial charge >= 0.3 is 0 Å². The molecule has 1 fully saturated rings. The molecule has 0 radical (unpaired) electrons. The molecule has 0 spiro atoms. The van der Waals surface area contributed by atoms with Gasteiger partial charge in [-0.1, -0.05) is 30.3 Å². The molecule has 1 saturated heterocycles. The minimum atomic E-state index is 0.0763. The highest BCUT2D eigenvalue weighted by Gasteiger charge is 2.26. The van der Waals surface area contributed by atoms with Crippen LogP contribution in [0, 0.1) is 0 Å². The van der Waals surface area contributed by atoms with Gasteiger partial charge in [-0.3, -0.25) is 4.79 Å². The van der Waals surface area contributed by atoms with Crippen LogP contribution in [0.15, 0.2) is 30.3 Å². The van der Waals surface area contributed by atoms with Gasteiger partial charge in [0.15, 0.2) is 5.78 Å². The molecule has 0 bridgehead atoms. The minimum Gasteiger partial charge on any atom is -0.300 e. The molecular formula is C10H11NO. The highest BCUT2D eigenvalue weighted by molar-refractivity contribution is 5.91. The fourth-order valence-electron chi connectivity index (χ4n) is 1.37. The lowest BCUT2D eigenvalue weighted by atomic mass is 9.97. The van der Waals surface area contributed by atoms with Crippen LogP contribution < -0.4 is 5.32 Å². The van der Waals surface area contributed by atoms with Gasteiger partial charge in [-0.2, -0.15) is 0 Å². The van der Waals surface area contributed by atoms with Crippen LogP contribution in [0.1, 0.15) is 5.56 Å². The number of carbonyl (C=O) groups is 1. The Morgan fingerprint density at radius 3 is 2.58 bits per heavy atom. The normalized spacial score (nSPS) is 22.0. The zero-order valence-corrected chi connectivity index (χ0v) is 6.79. The van der Waals surface area contributed by atoms with Crippen LogP contribution in [-0.2, 0) is 11.2 Å². The topological polar surface area (TPSA) is 29.1 Å². The van der Waals surface area contributed by atoms with Crippen LogP contribution in [0.3, 0.4) is 0 Å². The van der Waals surface area contributed by atoms with E-state index >= 15 is 0 Å². The van der Waals surface area contributed by atoms with Crippen molar-refractivity contribution in [2.45, 2.75) is 12.5 Å². The van der Waals surface area contributed by atoms with Gasteiger partial charge in [0, 0.05) is 0 Å². The lowest BCUT2D eigenvalue weighted by Crippen LogP contribution is -2.54. The van der Waals surface area contributed by atoms with Gasteiger partial charge in [0.2, 0.25) is 0 Å². The molecule has 0 saturated carbocycles. The van der Waals surface area contributed by atoms with Gasteiger partial charge in [-0.15, -0.1) is 0 Å². The molecule has 1 aliphatic heterocycles. The number of carbonyl (C=O) groups excluding carboxylic acids is 1. The van der Waals surface area contributed by atoms with Crippen LogP contribution >= 0.6 is 0 Å². The van der Waals surface area contributed by atoms with Crippen LogP contribution in [0.25, 0.3) is 0 Å². The first-order valence-electron chi connectivity index (χ1n) is 4.16. The van der Waals surface area contributed by atoms with Crippen LogP contribution in [-0.4, -0.2) is 18.4 Å². The summed E-state index contributed by atoms with van der Waals surface area (Å²) in [5, 5.41) is 3.09. The third-order valence-corrected chi connectivity index (χ3v) is 2.19. The monoisotopic (exact) mass is 161 g/mol. The molecule has 1 heterocycles. The third kappa shape index (κ3) is 1.38. The molecule has 0 aliphatic carbocycles. The maximum Gasteiger partial charge on any atom is 0.163 e. The van der Waals surface area contributed by atoms with Gasteiger partial charge < -0.3 is 5.32 Å². The molecule has 1 aromatic carbocycles. The average molecular weight is 161 g/mol. The van der Waals surface area contributed by atoms with Gasteiger partial charge in [0.1, 0.15) is 0 Å². The van der Waals surface area contributed by atoms with E-state index in [1.165, 1.54) is 5.56 Å². The summed E-state index contributed by atoms with van der Waals surface area (Å²) in [6.07, 6.45) is 0.833. The summed E-state index contributed by atoms with van der Waals surface area (Å²) in [7, 11) is 0. The Hall–Kier alpha value is -1.15. The smallest absolute Gasteiger partial charge is 0.163 e. The quantitative estimate of drug-likeness (QED) is 0.694. The summed E-state index contributed by atoms with van der Waals surface area (Å²) in [5.41, 5.74) is 1.23. The Bertz CT molecular complexity index is 281. The molecule has 0 aromatic heterocycles. The standard InChI is InChI=1S/C10H11NO/c12-10-7-11-9(10)6-8-4-2-1-3-5-8/h1-5,9,11H,6-7H2/t9-/m1/s1. The molecule has 1 N–H and O–H groups in total. The molecule has 1 aromatic rings. The van der Waals surface area contributed by atoms with E-state index in [0.29, 0.717) is 12.3 Å². The Morgan fingerprint density at radius 2 is 2.08 bits per heavy atom. The van der Waals surface area contributed by atoms with Crippen molar-refractivity contribution in [1.29, 1.82) is 0 Å². The molecule has 2 heteroatoms. The van der Waals surface area contributed by atoms with E-state index in [1.54, 1.807) is 0 Å². The maximum atomic E-state index is 11.0. The van der Waals surface area contributed by atoms with Gasteiger partial charge in [0.05, 0.1) is 12.6 Å². The number of benzene rings is 1. The largest absolute Gasteiger partial charge is 0.300 e. The summed E-state index contributed by atoms with van der Waals surface area (Å²) in [4.78, 5) is 11.0. The number of hydrogen-bond acceptors (Lipinski definition) is 2. The lowest BCUT2D eigenvalue weighted by molar-refractivity contribution is -0.125. The zero-order valence-electron chi connectivity index (χ0n) is 6.79. The van der Waals surface area contributed by atoms with Gasteiger partial charge in [-0.05, 0) is 12.0 Å². The molecule has 2 nitrogen and oxygen atoms in total. The summed E-state index contributed by atoms with van der Waals surface area (Å²) >= 11 is 0. The van der Waals surface area contributed by atoms with E-state index in [9.17, 15) is 4.79 Å². The first kappa shape index (κ1) is 7.50. The third-order valence-electron chi connectivity index (χ3n) is 2.19. The van der Waals surface area contributed by atoms with E-state index in [1.807, 2.05) is 30.3 Å².